The van der Waals surface area contributed by atoms with Gasteiger partial charge in [0, 0.05) is 17.8 Å². The van der Waals surface area contributed by atoms with Gasteiger partial charge in [0.2, 0.25) is 0 Å². The van der Waals surface area contributed by atoms with Crippen LogP contribution in [0, 0.1) is 5.92 Å². The zero-order valence-corrected chi connectivity index (χ0v) is 13.0. The van der Waals surface area contributed by atoms with Crippen LogP contribution in [0.3, 0.4) is 0 Å². The Balaban J connectivity index is 1.54. The minimum absolute atomic E-state index is 0.461. The lowest BCUT2D eigenvalue weighted by Gasteiger charge is -2.62. The fourth-order valence-electron chi connectivity index (χ4n) is 5.79. The van der Waals surface area contributed by atoms with Crippen molar-refractivity contribution in [3.63, 3.8) is 0 Å². The predicted molar refractivity (Wildman–Crippen MR) is 91.2 cm³/mol. The first kappa shape index (κ1) is 12.8. The first-order valence-corrected chi connectivity index (χ1v) is 8.73. The second-order valence-electron chi connectivity index (χ2n) is 7.65. The summed E-state index contributed by atoms with van der Waals surface area (Å²) in [6.07, 6.45) is 6.92. The fourth-order valence-corrected chi connectivity index (χ4v) is 5.79. The van der Waals surface area contributed by atoms with Gasteiger partial charge in [0.05, 0.1) is 0 Å². The second kappa shape index (κ2) is 4.62. The van der Waals surface area contributed by atoms with Gasteiger partial charge in [-0.15, -0.1) is 0 Å². The van der Waals surface area contributed by atoms with Crippen LogP contribution >= 0.6 is 0 Å². The highest BCUT2D eigenvalue weighted by Crippen LogP contribution is 2.57. The van der Waals surface area contributed by atoms with Crippen molar-refractivity contribution in [3.8, 4) is 0 Å². The van der Waals surface area contributed by atoms with Crippen molar-refractivity contribution in [1.82, 2.24) is 0 Å². The van der Waals surface area contributed by atoms with Crippen molar-refractivity contribution in [3.05, 3.63) is 66.2 Å². The van der Waals surface area contributed by atoms with Crippen molar-refractivity contribution < 1.29 is 0 Å². The Kier molecular flexibility index (Phi) is 2.68. The molecule has 2 aliphatic heterocycles. The Bertz CT molecular complexity index is 647. The summed E-state index contributed by atoms with van der Waals surface area (Å²) in [7, 11) is 0. The number of rotatable bonds is 2. The van der Waals surface area contributed by atoms with E-state index in [0.29, 0.717) is 5.41 Å². The highest BCUT2D eigenvalue weighted by Gasteiger charge is 2.54. The van der Waals surface area contributed by atoms with E-state index in [1.54, 1.807) is 5.56 Å². The number of hydrogen-bond donors (Lipinski definition) is 0. The third-order valence-electron chi connectivity index (χ3n) is 6.37. The molecule has 2 aromatic rings. The van der Waals surface area contributed by atoms with E-state index in [1.807, 2.05) is 0 Å². The molecule has 2 saturated carbocycles. The largest absolute Gasteiger partial charge is 0.365 e. The summed E-state index contributed by atoms with van der Waals surface area (Å²) in [5.41, 5.74) is 3.50. The van der Waals surface area contributed by atoms with Gasteiger partial charge in [-0.2, -0.15) is 0 Å². The maximum atomic E-state index is 2.76. The molecule has 2 heterocycles. The Morgan fingerprint density at radius 3 is 1.95 bits per heavy atom. The topological polar surface area (TPSA) is 3.24 Å². The molecule has 4 bridgehead atoms. The van der Waals surface area contributed by atoms with E-state index in [1.165, 1.54) is 37.8 Å². The monoisotopic (exact) mass is 289 g/mol. The van der Waals surface area contributed by atoms with Crippen LogP contribution in [0.2, 0.25) is 0 Å². The van der Waals surface area contributed by atoms with Crippen LogP contribution < -0.4 is 4.90 Å². The van der Waals surface area contributed by atoms with Gasteiger partial charge in [0.25, 0.3) is 0 Å². The van der Waals surface area contributed by atoms with Gasteiger partial charge in [-0.3, -0.25) is 0 Å². The van der Waals surface area contributed by atoms with Crippen molar-refractivity contribution in [2.24, 2.45) is 5.92 Å². The molecule has 4 aliphatic rings. The second-order valence-corrected chi connectivity index (χ2v) is 7.65. The molecule has 22 heavy (non-hydrogen) atoms. The van der Waals surface area contributed by atoms with Gasteiger partial charge in [-0.25, -0.2) is 0 Å². The molecule has 0 N–H and O–H groups in total. The number of nitrogens with zero attached hydrogens (tertiary/aromatic N) is 1. The lowest BCUT2D eigenvalue weighted by molar-refractivity contribution is 0.0599. The summed E-state index contributed by atoms with van der Waals surface area (Å²) in [5.74, 6) is 0.942. The zero-order valence-electron chi connectivity index (χ0n) is 13.0. The zero-order chi connectivity index (χ0) is 14.6. The number of para-hydroxylation sites is 1. The fraction of sp³-hybridized carbons (Fsp3) is 0.429. The van der Waals surface area contributed by atoms with Gasteiger partial charge in [-0.1, -0.05) is 48.5 Å². The van der Waals surface area contributed by atoms with Gasteiger partial charge in [-0.05, 0) is 61.1 Å². The van der Waals surface area contributed by atoms with Crippen molar-refractivity contribution >= 4 is 5.69 Å². The molecular weight excluding hydrogens is 266 g/mol. The van der Waals surface area contributed by atoms with Crippen molar-refractivity contribution in [1.29, 1.82) is 0 Å². The quantitative estimate of drug-likeness (QED) is 0.769. The van der Waals surface area contributed by atoms with Gasteiger partial charge >= 0.3 is 0 Å². The number of anilines is 1. The molecule has 0 spiro atoms. The smallest absolute Gasteiger partial charge is 0.0371 e. The standard InChI is InChI=1S/C21H23N/c1-3-7-17(8-4-1)21-13-16-11-19(14-21)22(20(12-16)15-21)18-9-5-2-6-10-18/h1-10,16,19-20H,11-15H2. The molecule has 0 radical (unpaired) electrons. The maximum Gasteiger partial charge on any atom is 0.0371 e. The van der Waals surface area contributed by atoms with Crippen LogP contribution in [-0.4, -0.2) is 12.1 Å². The van der Waals surface area contributed by atoms with Gasteiger partial charge < -0.3 is 4.90 Å². The molecular formula is C21H23N. The highest BCUT2D eigenvalue weighted by molar-refractivity contribution is 5.51. The van der Waals surface area contributed by atoms with E-state index in [-0.39, 0.29) is 0 Å². The number of piperidine rings is 2. The van der Waals surface area contributed by atoms with Crippen LogP contribution in [0.1, 0.15) is 37.7 Å². The Hall–Kier alpha value is -1.76. The summed E-state index contributed by atoms with van der Waals surface area (Å²) >= 11 is 0. The van der Waals surface area contributed by atoms with Crippen LogP contribution in [0.5, 0.6) is 0 Å². The average molecular weight is 289 g/mol. The van der Waals surface area contributed by atoms with Crippen LogP contribution in [0.15, 0.2) is 60.7 Å². The molecule has 0 aromatic heterocycles. The van der Waals surface area contributed by atoms with Crippen molar-refractivity contribution in [2.75, 3.05) is 4.90 Å². The molecule has 0 amide bonds. The Morgan fingerprint density at radius 2 is 1.32 bits per heavy atom. The maximum absolute atomic E-state index is 2.76. The van der Waals surface area contributed by atoms with Crippen LogP contribution in [0.25, 0.3) is 0 Å². The van der Waals surface area contributed by atoms with E-state index < -0.39 is 0 Å². The van der Waals surface area contributed by atoms with E-state index >= 15 is 0 Å². The molecule has 2 unspecified atom stereocenters. The molecule has 2 atom stereocenters. The molecule has 1 heteroatoms. The van der Waals surface area contributed by atoms with E-state index in [2.05, 4.69) is 65.6 Å². The Labute approximate surface area is 133 Å². The van der Waals surface area contributed by atoms with Gasteiger partial charge in [0.1, 0.15) is 0 Å². The molecule has 4 fully saturated rings. The molecule has 6 rings (SSSR count). The molecule has 2 aromatic carbocycles. The minimum Gasteiger partial charge on any atom is -0.365 e. The summed E-state index contributed by atoms with van der Waals surface area (Å²) < 4.78 is 0. The first-order valence-electron chi connectivity index (χ1n) is 8.73. The van der Waals surface area contributed by atoms with Crippen molar-refractivity contribution in [2.45, 2.75) is 49.6 Å². The van der Waals surface area contributed by atoms with E-state index in [0.717, 1.165) is 18.0 Å². The third kappa shape index (κ3) is 1.78. The SMILES string of the molecule is c1ccc(N2C3CC4CC2CC(c2ccccc2)(C4)C3)cc1. The number of benzene rings is 2. The Morgan fingerprint density at radius 1 is 0.727 bits per heavy atom. The summed E-state index contributed by atoms with van der Waals surface area (Å²) in [5, 5.41) is 0. The average Bonchev–Trinajstić information content (AvgIpc) is 2.56. The molecule has 112 valence electrons. The van der Waals surface area contributed by atoms with E-state index in [4.69, 9.17) is 0 Å². The lowest BCUT2D eigenvalue weighted by Crippen LogP contribution is -2.63. The lowest BCUT2D eigenvalue weighted by atomic mass is 9.53. The third-order valence-corrected chi connectivity index (χ3v) is 6.37. The predicted octanol–water partition coefficient (Wildman–Crippen LogP) is 4.78. The highest BCUT2D eigenvalue weighted by atomic mass is 15.2. The van der Waals surface area contributed by atoms with E-state index in [9.17, 15) is 0 Å². The summed E-state index contributed by atoms with van der Waals surface area (Å²) in [4.78, 5) is 2.76. The first-order chi connectivity index (χ1) is 10.8. The minimum atomic E-state index is 0.461. The summed E-state index contributed by atoms with van der Waals surface area (Å²) in [6.45, 7) is 0. The normalized spacial score (nSPS) is 35.8. The number of hydrogen-bond acceptors (Lipinski definition) is 1. The summed E-state index contributed by atoms with van der Waals surface area (Å²) in [6, 6.07) is 24.0. The van der Waals surface area contributed by atoms with Gasteiger partial charge in [0.15, 0.2) is 0 Å². The molecule has 2 aliphatic carbocycles. The van der Waals surface area contributed by atoms with Crippen LogP contribution in [0.4, 0.5) is 5.69 Å². The molecule has 1 nitrogen and oxygen atoms in total. The van der Waals surface area contributed by atoms with Crippen LogP contribution in [-0.2, 0) is 5.41 Å². The molecule has 2 saturated heterocycles.